The highest BCUT2D eigenvalue weighted by molar-refractivity contribution is 9.10. The van der Waals surface area contributed by atoms with E-state index in [9.17, 15) is 8.42 Å². The number of halogens is 2. The van der Waals surface area contributed by atoms with E-state index < -0.39 is 10.0 Å². The molecule has 31 heavy (non-hydrogen) atoms. The standard InChI is InChI=1S/C22H23BrClN3O2S2/c1-2-3-16-4-6-17(7-5-16)20-15-30-22(25-20)26-10-12-27(13-11-26)31(28,29)21-9-8-18(23)14-19(21)24/h4-9,14-15H,2-3,10-13H2,1H3. The number of hydrogen-bond acceptors (Lipinski definition) is 5. The molecule has 1 saturated heterocycles. The van der Waals surface area contributed by atoms with Gasteiger partial charge in [0.15, 0.2) is 5.13 Å². The molecule has 5 nitrogen and oxygen atoms in total. The van der Waals surface area contributed by atoms with Gasteiger partial charge in [-0.25, -0.2) is 13.4 Å². The smallest absolute Gasteiger partial charge is 0.244 e. The number of hydrogen-bond donors (Lipinski definition) is 0. The van der Waals surface area contributed by atoms with Gasteiger partial charge in [-0.2, -0.15) is 4.31 Å². The molecule has 0 amide bonds. The second-order valence-corrected chi connectivity index (χ2v) is 11.5. The molecule has 3 aromatic rings. The van der Waals surface area contributed by atoms with E-state index >= 15 is 0 Å². The first-order valence-electron chi connectivity index (χ1n) is 10.1. The number of aryl methyl sites for hydroxylation is 1. The summed E-state index contributed by atoms with van der Waals surface area (Å²) in [7, 11) is -3.62. The molecular formula is C22H23BrClN3O2S2. The van der Waals surface area contributed by atoms with Crippen LogP contribution in [0.1, 0.15) is 18.9 Å². The maximum atomic E-state index is 13.0. The van der Waals surface area contributed by atoms with Crippen molar-refractivity contribution in [2.45, 2.75) is 24.7 Å². The van der Waals surface area contributed by atoms with Crippen molar-refractivity contribution in [1.82, 2.24) is 9.29 Å². The van der Waals surface area contributed by atoms with Crippen LogP contribution in [-0.2, 0) is 16.4 Å². The Kier molecular flexibility index (Phi) is 7.03. The topological polar surface area (TPSA) is 53.5 Å². The summed E-state index contributed by atoms with van der Waals surface area (Å²) in [5, 5.41) is 3.21. The van der Waals surface area contributed by atoms with Gasteiger partial charge in [-0.05, 0) is 30.2 Å². The van der Waals surface area contributed by atoms with E-state index in [4.69, 9.17) is 16.6 Å². The molecule has 0 atom stereocenters. The summed E-state index contributed by atoms with van der Waals surface area (Å²) in [5.74, 6) is 0. The summed E-state index contributed by atoms with van der Waals surface area (Å²) in [4.78, 5) is 7.09. The van der Waals surface area contributed by atoms with Gasteiger partial charge in [-0.3, -0.25) is 0 Å². The van der Waals surface area contributed by atoms with Crippen LogP contribution < -0.4 is 4.90 Å². The highest BCUT2D eigenvalue weighted by atomic mass is 79.9. The van der Waals surface area contributed by atoms with Gasteiger partial charge >= 0.3 is 0 Å². The van der Waals surface area contributed by atoms with E-state index in [-0.39, 0.29) is 9.92 Å². The molecule has 0 aliphatic carbocycles. The molecule has 1 aliphatic heterocycles. The third-order valence-corrected chi connectivity index (χ3v) is 9.08. The number of thiazole rings is 1. The molecule has 0 bridgehead atoms. The van der Waals surface area contributed by atoms with Gasteiger partial charge in [0.25, 0.3) is 0 Å². The number of aromatic nitrogens is 1. The zero-order valence-corrected chi connectivity index (χ0v) is 21.1. The predicted octanol–water partition coefficient (Wildman–Crippen LogP) is 5.69. The number of nitrogens with zero attached hydrogens (tertiary/aromatic N) is 3. The Labute approximate surface area is 200 Å². The van der Waals surface area contributed by atoms with E-state index in [2.05, 4.69) is 57.4 Å². The number of anilines is 1. The van der Waals surface area contributed by atoms with Crippen LogP contribution in [0.15, 0.2) is 57.2 Å². The minimum absolute atomic E-state index is 0.147. The number of sulfonamides is 1. The summed E-state index contributed by atoms with van der Waals surface area (Å²) in [5.41, 5.74) is 3.40. The molecule has 0 N–H and O–H groups in total. The highest BCUT2D eigenvalue weighted by Crippen LogP contribution is 2.31. The SMILES string of the molecule is CCCc1ccc(-c2csc(N3CCN(S(=O)(=O)c4ccc(Br)cc4Cl)CC3)n2)cc1. The fourth-order valence-electron chi connectivity index (χ4n) is 3.62. The maximum absolute atomic E-state index is 13.0. The third kappa shape index (κ3) is 4.98. The first kappa shape index (κ1) is 22.7. The lowest BCUT2D eigenvalue weighted by atomic mass is 10.1. The van der Waals surface area contributed by atoms with Crippen molar-refractivity contribution in [2.24, 2.45) is 0 Å². The molecular weight excluding hydrogens is 518 g/mol. The lowest BCUT2D eigenvalue weighted by Crippen LogP contribution is -2.48. The summed E-state index contributed by atoms with van der Waals surface area (Å²) >= 11 is 11.1. The molecule has 9 heteroatoms. The molecule has 0 spiro atoms. The molecule has 2 heterocycles. The number of piperazine rings is 1. The van der Waals surface area contributed by atoms with Crippen molar-refractivity contribution in [3.63, 3.8) is 0 Å². The normalized spacial score (nSPS) is 15.4. The quantitative estimate of drug-likeness (QED) is 0.403. The zero-order valence-electron chi connectivity index (χ0n) is 17.1. The van der Waals surface area contributed by atoms with Crippen molar-refractivity contribution in [3.05, 3.63) is 62.9 Å². The highest BCUT2D eigenvalue weighted by Gasteiger charge is 2.31. The summed E-state index contributed by atoms with van der Waals surface area (Å²) in [6.45, 7) is 4.16. The van der Waals surface area contributed by atoms with E-state index in [0.29, 0.717) is 26.2 Å². The maximum Gasteiger partial charge on any atom is 0.244 e. The monoisotopic (exact) mass is 539 g/mol. The largest absolute Gasteiger partial charge is 0.345 e. The molecule has 1 aromatic heterocycles. The first-order chi connectivity index (χ1) is 14.9. The molecule has 1 fully saturated rings. The number of rotatable bonds is 6. The van der Waals surface area contributed by atoms with Gasteiger partial charge in [-0.1, -0.05) is 65.1 Å². The van der Waals surface area contributed by atoms with E-state index in [0.717, 1.165) is 33.7 Å². The minimum atomic E-state index is -3.62. The van der Waals surface area contributed by atoms with Gasteiger partial charge in [-0.15, -0.1) is 11.3 Å². The fraction of sp³-hybridized carbons (Fsp3) is 0.318. The zero-order chi connectivity index (χ0) is 22.0. The molecule has 164 valence electrons. The van der Waals surface area contributed by atoms with Crippen LogP contribution >= 0.6 is 38.9 Å². The Bertz CT molecular complexity index is 1160. The Hall–Kier alpha value is -1.45. The van der Waals surface area contributed by atoms with Crippen LogP contribution in [-0.4, -0.2) is 43.9 Å². The van der Waals surface area contributed by atoms with Crippen LogP contribution in [0, 0.1) is 0 Å². The van der Waals surface area contributed by atoms with Crippen LogP contribution in [0.2, 0.25) is 5.02 Å². The molecule has 1 aliphatic rings. The van der Waals surface area contributed by atoms with Crippen molar-refractivity contribution in [3.8, 4) is 11.3 Å². The van der Waals surface area contributed by atoms with Crippen molar-refractivity contribution in [1.29, 1.82) is 0 Å². The van der Waals surface area contributed by atoms with E-state index in [1.807, 2.05) is 0 Å². The number of benzene rings is 2. The average molecular weight is 541 g/mol. The fourth-order valence-corrected chi connectivity index (χ4v) is 6.94. The minimum Gasteiger partial charge on any atom is -0.345 e. The lowest BCUT2D eigenvalue weighted by molar-refractivity contribution is 0.385. The van der Waals surface area contributed by atoms with Crippen LogP contribution in [0.25, 0.3) is 11.3 Å². The molecule has 0 saturated carbocycles. The van der Waals surface area contributed by atoms with Gasteiger partial charge in [0, 0.05) is 41.6 Å². The van der Waals surface area contributed by atoms with E-state index in [1.54, 1.807) is 29.5 Å². The molecule has 2 aromatic carbocycles. The van der Waals surface area contributed by atoms with Crippen LogP contribution in [0.3, 0.4) is 0 Å². The Morgan fingerprint density at radius 3 is 2.45 bits per heavy atom. The van der Waals surface area contributed by atoms with Crippen molar-refractivity contribution in [2.75, 3.05) is 31.1 Å². The Morgan fingerprint density at radius 2 is 1.81 bits per heavy atom. The third-order valence-electron chi connectivity index (χ3n) is 5.30. The Morgan fingerprint density at radius 1 is 1.10 bits per heavy atom. The summed E-state index contributed by atoms with van der Waals surface area (Å²) in [6.07, 6.45) is 2.22. The van der Waals surface area contributed by atoms with Gasteiger partial charge in [0.05, 0.1) is 10.7 Å². The summed E-state index contributed by atoms with van der Waals surface area (Å²) in [6, 6.07) is 13.4. The molecule has 0 radical (unpaired) electrons. The van der Waals surface area contributed by atoms with Gasteiger partial charge in [0.2, 0.25) is 10.0 Å². The second-order valence-electron chi connectivity index (χ2n) is 7.43. The van der Waals surface area contributed by atoms with E-state index in [1.165, 1.54) is 9.87 Å². The Balaban J connectivity index is 1.43. The second kappa shape index (κ2) is 9.58. The molecule has 0 unspecified atom stereocenters. The van der Waals surface area contributed by atoms with Crippen LogP contribution in [0.4, 0.5) is 5.13 Å². The first-order valence-corrected chi connectivity index (χ1v) is 13.6. The molecule has 4 rings (SSSR count). The van der Waals surface area contributed by atoms with Gasteiger partial charge in [0.1, 0.15) is 4.90 Å². The van der Waals surface area contributed by atoms with Crippen LogP contribution in [0.5, 0.6) is 0 Å². The summed E-state index contributed by atoms with van der Waals surface area (Å²) < 4.78 is 28.3. The lowest BCUT2D eigenvalue weighted by Gasteiger charge is -2.33. The van der Waals surface area contributed by atoms with Crippen molar-refractivity contribution >= 4 is 54.0 Å². The van der Waals surface area contributed by atoms with Gasteiger partial charge < -0.3 is 4.90 Å². The van der Waals surface area contributed by atoms with Crippen molar-refractivity contribution < 1.29 is 8.42 Å². The average Bonchev–Trinajstić information content (AvgIpc) is 3.25. The predicted molar refractivity (Wildman–Crippen MR) is 132 cm³/mol.